The molecule has 0 saturated carbocycles. The molecule has 1 amide bonds. The highest BCUT2D eigenvalue weighted by Crippen LogP contribution is 2.39. The van der Waals surface area contributed by atoms with Crippen LogP contribution in [-0.4, -0.2) is 21.8 Å². The molecule has 0 spiro atoms. The Balaban J connectivity index is 1.72. The number of rotatable bonds is 6. The van der Waals surface area contributed by atoms with Crippen molar-refractivity contribution in [1.29, 1.82) is 0 Å². The molecular formula is C25H18F2N2O3S. The molecule has 0 aliphatic heterocycles. The van der Waals surface area contributed by atoms with Gasteiger partial charge in [0.2, 0.25) is 0 Å². The number of carbonyl (C=O) groups is 2. The van der Waals surface area contributed by atoms with Crippen molar-refractivity contribution in [2.75, 3.05) is 5.32 Å². The van der Waals surface area contributed by atoms with E-state index >= 15 is 0 Å². The maximum Gasteiger partial charge on any atom is 0.261 e. The molecule has 2 aromatic carbocycles. The lowest BCUT2D eigenvalue weighted by Gasteiger charge is -2.12. The molecule has 0 fully saturated rings. The number of aliphatic hydroxyl groups excluding tert-OH is 1. The number of benzene rings is 2. The van der Waals surface area contributed by atoms with Gasteiger partial charge in [0.25, 0.3) is 5.91 Å². The van der Waals surface area contributed by atoms with Crippen LogP contribution in [0, 0.1) is 11.6 Å². The molecule has 0 unspecified atom stereocenters. The van der Waals surface area contributed by atoms with Gasteiger partial charge in [-0.2, -0.15) is 0 Å². The van der Waals surface area contributed by atoms with Crippen LogP contribution < -0.4 is 5.32 Å². The van der Waals surface area contributed by atoms with Gasteiger partial charge in [0, 0.05) is 39.0 Å². The van der Waals surface area contributed by atoms with Gasteiger partial charge >= 0.3 is 0 Å². The Morgan fingerprint density at radius 3 is 2.42 bits per heavy atom. The minimum atomic E-state index is -0.982. The monoisotopic (exact) mass is 464 g/mol. The van der Waals surface area contributed by atoms with E-state index in [0.717, 1.165) is 22.6 Å². The third kappa shape index (κ3) is 4.57. The van der Waals surface area contributed by atoms with Gasteiger partial charge in [-0.1, -0.05) is 18.2 Å². The summed E-state index contributed by atoms with van der Waals surface area (Å²) in [4.78, 5) is 30.5. The number of nitrogens with zero attached hydrogens (tertiary/aromatic N) is 1. The van der Waals surface area contributed by atoms with E-state index in [1.54, 1.807) is 24.5 Å². The molecule has 5 nitrogen and oxygen atoms in total. The molecule has 0 bridgehead atoms. The summed E-state index contributed by atoms with van der Waals surface area (Å²) in [6.45, 7) is 1.16. The van der Waals surface area contributed by atoms with E-state index < -0.39 is 23.1 Å². The van der Waals surface area contributed by atoms with E-state index in [0.29, 0.717) is 21.6 Å². The van der Waals surface area contributed by atoms with Gasteiger partial charge in [-0.25, -0.2) is 8.78 Å². The lowest BCUT2D eigenvalue weighted by atomic mass is 9.96. The molecule has 2 N–H and O–H groups in total. The molecule has 0 atom stereocenters. The van der Waals surface area contributed by atoms with Gasteiger partial charge in [-0.05, 0) is 54.4 Å². The molecule has 2 heterocycles. The highest BCUT2D eigenvalue weighted by atomic mass is 32.1. The molecule has 166 valence electrons. The summed E-state index contributed by atoms with van der Waals surface area (Å²) in [6, 6.07) is 13.4. The highest BCUT2D eigenvalue weighted by molar-refractivity contribution is 7.16. The number of halogens is 2. The van der Waals surface area contributed by atoms with E-state index in [-0.39, 0.29) is 18.1 Å². The molecular weight excluding hydrogens is 446 g/mol. The summed E-state index contributed by atoms with van der Waals surface area (Å²) < 4.78 is 27.9. The molecule has 8 heteroatoms. The first-order valence-electron chi connectivity index (χ1n) is 9.93. The number of pyridine rings is 1. The Morgan fingerprint density at radius 2 is 1.79 bits per heavy atom. The minimum absolute atomic E-state index is 0.213. The molecule has 0 saturated heterocycles. The van der Waals surface area contributed by atoms with Crippen LogP contribution in [0.4, 0.5) is 14.5 Å². The van der Waals surface area contributed by atoms with Crippen LogP contribution in [0.25, 0.3) is 21.6 Å². The summed E-state index contributed by atoms with van der Waals surface area (Å²) in [7, 11) is 0. The first kappa shape index (κ1) is 22.4. The molecule has 0 aliphatic rings. The summed E-state index contributed by atoms with van der Waals surface area (Å²) >= 11 is 1.39. The lowest BCUT2D eigenvalue weighted by Crippen LogP contribution is -2.16. The van der Waals surface area contributed by atoms with Crippen LogP contribution in [0.2, 0.25) is 0 Å². The number of aliphatic hydroxyl groups is 1. The average Bonchev–Trinajstić information content (AvgIpc) is 3.24. The van der Waals surface area contributed by atoms with Crippen LogP contribution in [0.15, 0.2) is 67.0 Å². The van der Waals surface area contributed by atoms with Crippen molar-refractivity contribution in [3.05, 3.63) is 94.6 Å². The van der Waals surface area contributed by atoms with E-state index in [9.17, 15) is 23.5 Å². The standard InChI is InChI=1S/C25H18F2N2O3S/c1-14(31)18-10-16(29-25(32)24-20(26)5-2-6-21(24)27)7-8-17(18)19-11-22(33-23(19)13-30)15-4-3-9-28-12-15/h2-12,30H,13H2,1H3,(H,29,32). The number of nitrogens with one attached hydrogen (secondary N) is 1. The number of Topliss-reactive ketones (excluding diaryl/α,β-unsaturated/α-hetero) is 1. The lowest BCUT2D eigenvalue weighted by molar-refractivity contribution is 0.100. The van der Waals surface area contributed by atoms with Crippen molar-refractivity contribution >= 4 is 28.7 Å². The number of thiophene rings is 1. The van der Waals surface area contributed by atoms with Gasteiger partial charge in [-0.3, -0.25) is 14.6 Å². The Hall–Kier alpha value is -3.75. The number of hydrogen-bond donors (Lipinski definition) is 2. The van der Waals surface area contributed by atoms with Gasteiger partial charge in [0.15, 0.2) is 5.78 Å². The largest absolute Gasteiger partial charge is 0.391 e. The first-order valence-corrected chi connectivity index (χ1v) is 10.8. The number of carbonyl (C=O) groups excluding carboxylic acids is 2. The van der Waals surface area contributed by atoms with Crippen molar-refractivity contribution in [3.8, 4) is 21.6 Å². The van der Waals surface area contributed by atoms with Crippen molar-refractivity contribution in [2.24, 2.45) is 0 Å². The molecule has 2 aromatic heterocycles. The molecule has 4 rings (SSSR count). The SMILES string of the molecule is CC(=O)c1cc(NC(=O)c2c(F)cccc2F)ccc1-c1cc(-c2cccnc2)sc1CO. The Labute approximate surface area is 192 Å². The van der Waals surface area contributed by atoms with Crippen LogP contribution in [0.1, 0.15) is 32.5 Å². The number of hydrogen-bond acceptors (Lipinski definition) is 5. The van der Waals surface area contributed by atoms with Gasteiger partial charge in [-0.15, -0.1) is 11.3 Å². The van der Waals surface area contributed by atoms with E-state index in [1.807, 2.05) is 18.2 Å². The van der Waals surface area contributed by atoms with Crippen LogP contribution in [0.3, 0.4) is 0 Å². The maximum absolute atomic E-state index is 13.9. The fourth-order valence-electron chi connectivity index (χ4n) is 3.48. The number of aromatic nitrogens is 1. The molecule has 0 radical (unpaired) electrons. The summed E-state index contributed by atoms with van der Waals surface area (Å²) in [5.41, 5.74) is 1.95. The van der Waals surface area contributed by atoms with Crippen molar-refractivity contribution in [2.45, 2.75) is 13.5 Å². The summed E-state index contributed by atoms with van der Waals surface area (Å²) in [5, 5.41) is 12.4. The summed E-state index contributed by atoms with van der Waals surface area (Å²) in [6.07, 6.45) is 3.38. The molecule has 4 aromatic rings. The van der Waals surface area contributed by atoms with E-state index in [2.05, 4.69) is 10.3 Å². The van der Waals surface area contributed by atoms with Gasteiger partial charge < -0.3 is 10.4 Å². The maximum atomic E-state index is 13.9. The fraction of sp³-hybridized carbons (Fsp3) is 0.0800. The predicted molar refractivity (Wildman–Crippen MR) is 123 cm³/mol. The second-order valence-electron chi connectivity index (χ2n) is 7.21. The Kier molecular flexibility index (Phi) is 6.39. The zero-order valence-corrected chi connectivity index (χ0v) is 18.2. The topological polar surface area (TPSA) is 79.3 Å². The summed E-state index contributed by atoms with van der Waals surface area (Å²) in [5.74, 6) is -3.19. The van der Waals surface area contributed by atoms with Gasteiger partial charge in [0.05, 0.1) is 6.61 Å². The second-order valence-corrected chi connectivity index (χ2v) is 8.35. The third-order valence-corrected chi connectivity index (χ3v) is 6.20. The van der Waals surface area contributed by atoms with E-state index in [4.69, 9.17) is 0 Å². The van der Waals surface area contributed by atoms with Crippen LogP contribution >= 0.6 is 11.3 Å². The Morgan fingerprint density at radius 1 is 1.03 bits per heavy atom. The van der Waals surface area contributed by atoms with Crippen molar-refractivity contribution in [3.63, 3.8) is 0 Å². The predicted octanol–water partition coefficient (Wildman–Crippen LogP) is 5.70. The zero-order valence-electron chi connectivity index (χ0n) is 17.4. The van der Waals surface area contributed by atoms with E-state index in [1.165, 1.54) is 30.4 Å². The number of amides is 1. The number of ketones is 1. The Bertz CT molecular complexity index is 1330. The number of anilines is 1. The van der Waals surface area contributed by atoms with Gasteiger partial charge in [0.1, 0.15) is 17.2 Å². The van der Waals surface area contributed by atoms with Crippen molar-refractivity contribution < 1.29 is 23.5 Å². The normalized spacial score (nSPS) is 10.8. The minimum Gasteiger partial charge on any atom is -0.391 e. The van der Waals surface area contributed by atoms with Crippen molar-refractivity contribution in [1.82, 2.24) is 4.98 Å². The van der Waals surface area contributed by atoms with Crippen LogP contribution in [0.5, 0.6) is 0 Å². The molecule has 33 heavy (non-hydrogen) atoms. The quantitative estimate of drug-likeness (QED) is 0.359. The average molecular weight is 464 g/mol. The highest BCUT2D eigenvalue weighted by Gasteiger charge is 2.20. The third-order valence-electron chi connectivity index (χ3n) is 5.04. The molecule has 0 aliphatic carbocycles. The first-order chi connectivity index (χ1) is 15.9. The smallest absolute Gasteiger partial charge is 0.261 e. The van der Waals surface area contributed by atoms with Crippen LogP contribution in [-0.2, 0) is 6.61 Å². The second kappa shape index (κ2) is 9.40. The zero-order chi connectivity index (χ0) is 23.5. The fourth-order valence-corrected chi connectivity index (χ4v) is 4.51.